The SMILES string of the molecule is CCNc1nc(C)c(C(=O)N2CCC(c3nccn3CC3CCC3)CC2)s1. The number of hydrogen-bond acceptors (Lipinski definition) is 5. The minimum absolute atomic E-state index is 0.130. The van der Waals surface area contributed by atoms with Crippen molar-refractivity contribution in [3.05, 3.63) is 28.8 Å². The molecule has 6 nitrogen and oxygen atoms in total. The first-order chi connectivity index (χ1) is 13.2. The maximum Gasteiger partial charge on any atom is 0.265 e. The van der Waals surface area contributed by atoms with Gasteiger partial charge in [0.15, 0.2) is 5.13 Å². The fourth-order valence-corrected chi connectivity index (χ4v) is 5.10. The van der Waals surface area contributed by atoms with E-state index in [1.54, 1.807) is 0 Å². The summed E-state index contributed by atoms with van der Waals surface area (Å²) in [5, 5.41) is 4.05. The standard InChI is InChI=1S/C20H29N5OS/c1-3-21-20-23-14(2)17(27-20)19(26)24-10-7-16(8-11-24)18-22-9-12-25(18)13-15-5-4-6-15/h9,12,15-16H,3-8,10-11,13H2,1-2H3,(H,21,23). The van der Waals surface area contributed by atoms with E-state index in [2.05, 4.69) is 26.0 Å². The number of nitrogens with zero attached hydrogens (tertiary/aromatic N) is 4. The van der Waals surface area contributed by atoms with Gasteiger partial charge in [-0.25, -0.2) is 9.97 Å². The molecule has 1 aliphatic heterocycles. The number of thiazole rings is 1. The van der Waals surface area contributed by atoms with Crippen molar-refractivity contribution in [3.63, 3.8) is 0 Å². The van der Waals surface area contributed by atoms with Crippen LogP contribution >= 0.6 is 11.3 Å². The summed E-state index contributed by atoms with van der Waals surface area (Å²) in [6.45, 7) is 7.50. The van der Waals surface area contributed by atoms with Crippen molar-refractivity contribution in [1.29, 1.82) is 0 Å². The number of carbonyl (C=O) groups is 1. The quantitative estimate of drug-likeness (QED) is 0.816. The van der Waals surface area contributed by atoms with Gasteiger partial charge >= 0.3 is 0 Å². The summed E-state index contributed by atoms with van der Waals surface area (Å²) in [6.07, 6.45) is 10.1. The fourth-order valence-electron chi connectivity index (χ4n) is 4.09. The van der Waals surface area contributed by atoms with Crippen LogP contribution in [0.3, 0.4) is 0 Å². The third-order valence-electron chi connectivity index (χ3n) is 5.89. The molecule has 1 amide bonds. The molecule has 0 aromatic carbocycles. The van der Waals surface area contributed by atoms with Crippen LogP contribution in [0.5, 0.6) is 0 Å². The van der Waals surface area contributed by atoms with Gasteiger partial charge in [-0.2, -0.15) is 0 Å². The minimum Gasteiger partial charge on any atom is -0.362 e. The molecule has 2 aromatic rings. The second kappa shape index (κ2) is 8.00. The number of carbonyl (C=O) groups excluding carboxylic acids is 1. The van der Waals surface area contributed by atoms with Crippen molar-refractivity contribution < 1.29 is 4.79 Å². The maximum atomic E-state index is 12.9. The lowest BCUT2D eigenvalue weighted by atomic mass is 9.85. The van der Waals surface area contributed by atoms with Crippen LogP contribution in [0.1, 0.15) is 66.1 Å². The van der Waals surface area contributed by atoms with Gasteiger partial charge in [0.05, 0.1) is 5.69 Å². The Labute approximate surface area is 165 Å². The van der Waals surface area contributed by atoms with E-state index >= 15 is 0 Å². The number of nitrogens with one attached hydrogen (secondary N) is 1. The molecule has 4 rings (SSSR count). The number of rotatable bonds is 6. The van der Waals surface area contributed by atoms with Crippen molar-refractivity contribution >= 4 is 22.4 Å². The summed E-state index contributed by atoms with van der Waals surface area (Å²) in [5.41, 5.74) is 0.833. The van der Waals surface area contributed by atoms with Crippen LogP contribution in [0.15, 0.2) is 12.4 Å². The summed E-state index contributed by atoms with van der Waals surface area (Å²) < 4.78 is 2.36. The highest BCUT2D eigenvalue weighted by Crippen LogP contribution is 2.32. The van der Waals surface area contributed by atoms with Crippen LogP contribution < -0.4 is 5.32 Å². The largest absolute Gasteiger partial charge is 0.362 e. The Morgan fingerprint density at radius 1 is 1.30 bits per heavy atom. The predicted octanol–water partition coefficient (Wildman–Crippen LogP) is 3.90. The molecular formula is C20H29N5OS. The zero-order chi connectivity index (χ0) is 18.8. The number of anilines is 1. The van der Waals surface area contributed by atoms with Crippen molar-refractivity contribution in [3.8, 4) is 0 Å². The van der Waals surface area contributed by atoms with Crippen molar-refractivity contribution in [2.45, 2.75) is 58.4 Å². The number of imidazole rings is 1. The summed E-state index contributed by atoms with van der Waals surface area (Å²) in [5.74, 6) is 2.65. The number of aromatic nitrogens is 3. The van der Waals surface area contributed by atoms with E-state index in [-0.39, 0.29) is 5.91 Å². The Morgan fingerprint density at radius 3 is 2.74 bits per heavy atom. The van der Waals surface area contributed by atoms with Crippen LogP contribution in [0.4, 0.5) is 5.13 Å². The molecule has 0 unspecified atom stereocenters. The molecule has 3 heterocycles. The molecule has 0 atom stereocenters. The Bertz CT molecular complexity index is 786. The van der Waals surface area contributed by atoms with E-state index in [1.165, 1.54) is 36.4 Å². The van der Waals surface area contributed by atoms with Gasteiger partial charge in [0.25, 0.3) is 5.91 Å². The number of likely N-dealkylation sites (tertiary alicyclic amines) is 1. The Hall–Kier alpha value is -1.89. The lowest BCUT2D eigenvalue weighted by Crippen LogP contribution is -2.38. The van der Waals surface area contributed by atoms with Crippen molar-refractivity contribution in [2.75, 3.05) is 25.0 Å². The summed E-state index contributed by atoms with van der Waals surface area (Å²) in [7, 11) is 0. The van der Waals surface area contributed by atoms with Crippen LogP contribution in [0, 0.1) is 12.8 Å². The number of aryl methyl sites for hydroxylation is 1. The lowest BCUT2D eigenvalue weighted by molar-refractivity contribution is 0.0714. The molecule has 1 saturated carbocycles. The average molecular weight is 388 g/mol. The van der Waals surface area contributed by atoms with Gasteiger partial charge in [-0.1, -0.05) is 17.8 Å². The molecule has 1 N–H and O–H groups in total. The van der Waals surface area contributed by atoms with Crippen LogP contribution in [0.2, 0.25) is 0 Å². The third kappa shape index (κ3) is 3.88. The van der Waals surface area contributed by atoms with Gasteiger partial charge < -0.3 is 14.8 Å². The number of amides is 1. The molecular weight excluding hydrogens is 358 g/mol. The molecule has 0 radical (unpaired) electrons. The van der Waals surface area contributed by atoms with Crippen molar-refractivity contribution in [2.24, 2.45) is 5.92 Å². The maximum absolute atomic E-state index is 12.9. The molecule has 27 heavy (non-hydrogen) atoms. The highest BCUT2D eigenvalue weighted by Gasteiger charge is 2.29. The van der Waals surface area contributed by atoms with Gasteiger partial charge in [-0.05, 0) is 45.4 Å². The molecule has 0 bridgehead atoms. The molecule has 0 spiro atoms. The topological polar surface area (TPSA) is 63.1 Å². The first-order valence-corrected chi connectivity index (χ1v) is 11.0. The monoisotopic (exact) mass is 387 g/mol. The van der Waals surface area contributed by atoms with E-state index in [1.807, 2.05) is 24.9 Å². The van der Waals surface area contributed by atoms with Crippen LogP contribution in [-0.4, -0.2) is 45.0 Å². The van der Waals surface area contributed by atoms with E-state index in [0.29, 0.717) is 5.92 Å². The molecule has 1 saturated heterocycles. The zero-order valence-corrected chi connectivity index (χ0v) is 17.1. The van der Waals surface area contributed by atoms with Gasteiger partial charge in [-0.3, -0.25) is 4.79 Å². The van der Waals surface area contributed by atoms with E-state index in [0.717, 1.165) is 60.6 Å². The second-order valence-corrected chi connectivity index (χ2v) is 8.76. The van der Waals surface area contributed by atoms with Crippen LogP contribution in [-0.2, 0) is 6.54 Å². The summed E-state index contributed by atoms with van der Waals surface area (Å²) in [6, 6.07) is 0. The summed E-state index contributed by atoms with van der Waals surface area (Å²) in [4.78, 5) is 24.8. The highest BCUT2D eigenvalue weighted by molar-refractivity contribution is 7.17. The second-order valence-electron chi connectivity index (χ2n) is 7.77. The Balaban J connectivity index is 1.37. The zero-order valence-electron chi connectivity index (χ0n) is 16.3. The van der Waals surface area contributed by atoms with Gasteiger partial charge in [-0.15, -0.1) is 0 Å². The molecule has 1 aliphatic carbocycles. The Morgan fingerprint density at radius 2 is 2.07 bits per heavy atom. The number of hydrogen-bond donors (Lipinski definition) is 1. The lowest BCUT2D eigenvalue weighted by Gasteiger charge is -2.33. The third-order valence-corrected chi connectivity index (χ3v) is 7.00. The summed E-state index contributed by atoms with van der Waals surface area (Å²) >= 11 is 1.47. The normalized spacial score (nSPS) is 18.5. The molecule has 146 valence electrons. The van der Waals surface area contributed by atoms with Gasteiger partial charge in [0.2, 0.25) is 0 Å². The average Bonchev–Trinajstić information content (AvgIpc) is 3.24. The first kappa shape index (κ1) is 18.5. The molecule has 2 aromatic heterocycles. The fraction of sp³-hybridized carbons (Fsp3) is 0.650. The number of piperidine rings is 1. The highest BCUT2D eigenvalue weighted by atomic mass is 32.1. The van der Waals surface area contributed by atoms with Gasteiger partial charge in [0, 0.05) is 44.5 Å². The smallest absolute Gasteiger partial charge is 0.265 e. The van der Waals surface area contributed by atoms with E-state index in [9.17, 15) is 4.79 Å². The van der Waals surface area contributed by atoms with E-state index in [4.69, 9.17) is 0 Å². The van der Waals surface area contributed by atoms with Gasteiger partial charge in [0.1, 0.15) is 10.7 Å². The first-order valence-electron chi connectivity index (χ1n) is 10.2. The van der Waals surface area contributed by atoms with E-state index < -0.39 is 0 Å². The van der Waals surface area contributed by atoms with Crippen LogP contribution in [0.25, 0.3) is 0 Å². The molecule has 7 heteroatoms. The minimum atomic E-state index is 0.130. The predicted molar refractivity (Wildman–Crippen MR) is 108 cm³/mol. The Kier molecular flexibility index (Phi) is 5.48. The van der Waals surface area contributed by atoms with Crippen molar-refractivity contribution in [1.82, 2.24) is 19.4 Å². The molecule has 2 fully saturated rings. The molecule has 2 aliphatic rings.